The van der Waals surface area contributed by atoms with Crippen LogP contribution in [-0.2, 0) is 16.0 Å². The summed E-state index contributed by atoms with van der Waals surface area (Å²) in [5.74, 6) is 3.29. The van der Waals surface area contributed by atoms with Gasteiger partial charge in [0.25, 0.3) is 5.91 Å². The molecule has 2 N–H and O–H groups in total. The Labute approximate surface area is 180 Å². The van der Waals surface area contributed by atoms with Gasteiger partial charge in [-0.25, -0.2) is 0 Å². The average molecular weight is 413 g/mol. The Morgan fingerprint density at radius 3 is 2.07 bits per heavy atom. The number of benzene rings is 1. The summed E-state index contributed by atoms with van der Waals surface area (Å²) in [5.41, 5.74) is 1.54. The number of amides is 2. The molecular formula is C25H36N2O3. The molecule has 0 saturated heterocycles. The standard InChI is InChI=1S/C25H36N2O3/c1-2-3-18-4-6-22(7-5-18)30-17-24(29)27-9-8-26-23(28)16-25-13-19-10-20(14-25)12-21(11-19)15-25/h4-7,19-21H,2-3,8-17H2,1H3,(H,26,28)(H,27,29). The minimum atomic E-state index is -0.164. The monoisotopic (exact) mass is 412 g/mol. The van der Waals surface area contributed by atoms with E-state index in [1.807, 2.05) is 24.3 Å². The zero-order valence-corrected chi connectivity index (χ0v) is 18.3. The molecule has 0 aromatic heterocycles. The highest BCUT2D eigenvalue weighted by Crippen LogP contribution is 2.61. The van der Waals surface area contributed by atoms with E-state index in [0.717, 1.165) is 30.6 Å². The fourth-order valence-electron chi connectivity index (χ4n) is 6.55. The molecule has 1 aromatic rings. The van der Waals surface area contributed by atoms with Crippen molar-refractivity contribution < 1.29 is 14.3 Å². The lowest BCUT2D eigenvalue weighted by molar-refractivity contribution is -0.129. The van der Waals surface area contributed by atoms with E-state index in [1.165, 1.54) is 44.1 Å². The van der Waals surface area contributed by atoms with Gasteiger partial charge in [-0.15, -0.1) is 0 Å². The van der Waals surface area contributed by atoms with Crippen LogP contribution in [-0.4, -0.2) is 31.5 Å². The molecule has 0 heterocycles. The summed E-state index contributed by atoms with van der Waals surface area (Å²) < 4.78 is 5.54. The van der Waals surface area contributed by atoms with Gasteiger partial charge in [-0.2, -0.15) is 0 Å². The molecule has 5 rings (SSSR count). The fraction of sp³-hybridized carbons (Fsp3) is 0.680. The van der Waals surface area contributed by atoms with Crippen LogP contribution in [0.15, 0.2) is 24.3 Å². The number of rotatable bonds is 10. The van der Waals surface area contributed by atoms with Crippen molar-refractivity contribution in [3.8, 4) is 5.75 Å². The molecule has 5 nitrogen and oxygen atoms in total. The minimum Gasteiger partial charge on any atom is -0.484 e. The lowest BCUT2D eigenvalue weighted by Crippen LogP contribution is -2.48. The van der Waals surface area contributed by atoms with Crippen LogP contribution < -0.4 is 15.4 Å². The molecule has 1 aromatic carbocycles. The van der Waals surface area contributed by atoms with Crippen LogP contribution in [0.3, 0.4) is 0 Å². The van der Waals surface area contributed by atoms with Crippen molar-refractivity contribution in [2.45, 2.75) is 64.7 Å². The number of hydrogen-bond donors (Lipinski definition) is 2. The van der Waals surface area contributed by atoms with E-state index >= 15 is 0 Å². The van der Waals surface area contributed by atoms with Crippen LogP contribution in [0.5, 0.6) is 5.75 Å². The average Bonchev–Trinajstić information content (AvgIpc) is 2.69. The zero-order chi connectivity index (χ0) is 21.0. The molecule has 5 heteroatoms. The van der Waals surface area contributed by atoms with Gasteiger partial charge in [0.1, 0.15) is 5.75 Å². The van der Waals surface area contributed by atoms with Crippen LogP contribution in [0, 0.1) is 23.2 Å². The molecule has 0 radical (unpaired) electrons. The lowest BCUT2D eigenvalue weighted by atomic mass is 9.49. The van der Waals surface area contributed by atoms with Crippen molar-refractivity contribution in [1.29, 1.82) is 0 Å². The van der Waals surface area contributed by atoms with Crippen LogP contribution >= 0.6 is 0 Å². The van der Waals surface area contributed by atoms with Crippen LogP contribution in [0.2, 0.25) is 0 Å². The van der Waals surface area contributed by atoms with Gasteiger partial charge in [-0.1, -0.05) is 25.5 Å². The molecule has 2 amide bonds. The van der Waals surface area contributed by atoms with Gasteiger partial charge >= 0.3 is 0 Å². The largest absolute Gasteiger partial charge is 0.484 e. The third-order valence-electron chi connectivity index (χ3n) is 7.30. The van der Waals surface area contributed by atoms with Crippen molar-refractivity contribution in [2.24, 2.45) is 23.2 Å². The Balaban J connectivity index is 1.11. The minimum absolute atomic E-state index is 0.00561. The highest BCUT2D eigenvalue weighted by atomic mass is 16.5. The van der Waals surface area contributed by atoms with E-state index in [4.69, 9.17) is 4.74 Å². The molecule has 0 unspecified atom stereocenters. The molecule has 0 spiro atoms. The van der Waals surface area contributed by atoms with E-state index in [0.29, 0.717) is 25.3 Å². The molecule has 0 atom stereocenters. The first kappa shape index (κ1) is 21.2. The molecule has 4 fully saturated rings. The quantitative estimate of drug-likeness (QED) is 0.574. The van der Waals surface area contributed by atoms with Crippen LogP contribution in [0.25, 0.3) is 0 Å². The number of carbonyl (C=O) groups excluding carboxylic acids is 2. The van der Waals surface area contributed by atoms with Gasteiger partial charge in [0.05, 0.1) is 0 Å². The highest BCUT2D eigenvalue weighted by Gasteiger charge is 2.51. The van der Waals surface area contributed by atoms with Crippen molar-refractivity contribution in [1.82, 2.24) is 10.6 Å². The normalized spacial score (nSPS) is 28.9. The number of ether oxygens (including phenoxy) is 1. The maximum Gasteiger partial charge on any atom is 0.258 e. The molecule has 4 saturated carbocycles. The topological polar surface area (TPSA) is 67.4 Å². The van der Waals surface area contributed by atoms with E-state index in [2.05, 4.69) is 17.6 Å². The number of carbonyl (C=O) groups is 2. The van der Waals surface area contributed by atoms with E-state index in [1.54, 1.807) is 0 Å². The Morgan fingerprint density at radius 2 is 1.50 bits per heavy atom. The maximum atomic E-state index is 12.5. The third-order valence-corrected chi connectivity index (χ3v) is 7.30. The van der Waals surface area contributed by atoms with Gasteiger partial charge < -0.3 is 15.4 Å². The Kier molecular flexibility index (Phi) is 6.64. The Hall–Kier alpha value is -2.04. The second kappa shape index (κ2) is 9.40. The molecule has 30 heavy (non-hydrogen) atoms. The Bertz CT molecular complexity index is 708. The van der Waals surface area contributed by atoms with Crippen molar-refractivity contribution >= 4 is 11.8 Å². The van der Waals surface area contributed by atoms with E-state index in [-0.39, 0.29) is 23.8 Å². The van der Waals surface area contributed by atoms with Gasteiger partial charge in [0.2, 0.25) is 5.91 Å². The summed E-state index contributed by atoms with van der Waals surface area (Å²) in [6, 6.07) is 7.89. The fourth-order valence-corrected chi connectivity index (χ4v) is 6.55. The first-order valence-corrected chi connectivity index (χ1v) is 11.8. The summed E-state index contributed by atoms with van der Waals surface area (Å²) in [5, 5.41) is 5.83. The van der Waals surface area contributed by atoms with Gasteiger partial charge in [0.15, 0.2) is 6.61 Å². The first-order valence-electron chi connectivity index (χ1n) is 11.8. The molecule has 4 bridgehead atoms. The number of aryl methyl sites for hydroxylation is 1. The van der Waals surface area contributed by atoms with E-state index < -0.39 is 0 Å². The second-order valence-corrected chi connectivity index (χ2v) is 9.98. The zero-order valence-electron chi connectivity index (χ0n) is 18.3. The molecule has 0 aliphatic heterocycles. The maximum absolute atomic E-state index is 12.5. The smallest absolute Gasteiger partial charge is 0.258 e. The third kappa shape index (κ3) is 5.35. The molecule has 4 aliphatic carbocycles. The first-order chi connectivity index (χ1) is 14.5. The number of hydrogen-bond acceptors (Lipinski definition) is 3. The van der Waals surface area contributed by atoms with Crippen molar-refractivity contribution in [3.63, 3.8) is 0 Å². The number of nitrogens with one attached hydrogen (secondary N) is 2. The lowest BCUT2D eigenvalue weighted by Gasteiger charge is -2.56. The van der Waals surface area contributed by atoms with Gasteiger partial charge in [-0.05, 0) is 85.8 Å². The SMILES string of the molecule is CCCc1ccc(OCC(=O)NCCNC(=O)CC23CC4CC(CC(C4)C2)C3)cc1. The molecule has 4 aliphatic rings. The van der Waals surface area contributed by atoms with Crippen LogP contribution in [0.4, 0.5) is 0 Å². The predicted octanol–water partition coefficient (Wildman–Crippen LogP) is 3.86. The highest BCUT2D eigenvalue weighted by molar-refractivity contribution is 5.78. The predicted molar refractivity (Wildman–Crippen MR) is 117 cm³/mol. The summed E-state index contributed by atoms with van der Waals surface area (Å²) in [4.78, 5) is 24.5. The van der Waals surface area contributed by atoms with Crippen molar-refractivity contribution in [2.75, 3.05) is 19.7 Å². The summed E-state index contributed by atoms with van der Waals surface area (Å²) in [7, 11) is 0. The summed E-state index contributed by atoms with van der Waals surface area (Å²) >= 11 is 0. The van der Waals surface area contributed by atoms with Gasteiger partial charge in [0, 0.05) is 19.5 Å². The summed E-state index contributed by atoms with van der Waals surface area (Å²) in [6.07, 6.45) is 10.8. The Morgan fingerprint density at radius 1 is 0.933 bits per heavy atom. The molecular weight excluding hydrogens is 376 g/mol. The molecule has 164 valence electrons. The van der Waals surface area contributed by atoms with Crippen molar-refractivity contribution in [3.05, 3.63) is 29.8 Å². The summed E-state index contributed by atoms with van der Waals surface area (Å²) in [6.45, 7) is 3.06. The van der Waals surface area contributed by atoms with E-state index in [9.17, 15) is 9.59 Å². The van der Waals surface area contributed by atoms with Gasteiger partial charge in [-0.3, -0.25) is 9.59 Å². The van der Waals surface area contributed by atoms with Crippen LogP contribution in [0.1, 0.15) is 63.9 Å². The second-order valence-electron chi connectivity index (χ2n) is 9.98.